The minimum atomic E-state index is -4.42. The second-order valence-corrected chi connectivity index (χ2v) is 4.83. The molecular formula is C10H15ClF3NO. The molecule has 1 amide bonds. The molecule has 0 radical (unpaired) electrons. The molecule has 1 aliphatic rings. The zero-order valence-corrected chi connectivity index (χ0v) is 9.57. The normalized spacial score (nSPS) is 26.5. The van der Waals surface area contributed by atoms with Crippen LogP contribution in [0.4, 0.5) is 13.2 Å². The van der Waals surface area contributed by atoms with Gasteiger partial charge in [0.15, 0.2) is 0 Å². The van der Waals surface area contributed by atoms with Crippen molar-refractivity contribution in [1.29, 1.82) is 0 Å². The predicted molar refractivity (Wildman–Crippen MR) is 55.3 cm³/mol. The van der Waals surface area contributed by atoms with Gasteiger partial charge in [-0.1, -0.05) is 0 Å². The molecule has 2 nitrogen and oxygen atoms in total. The van der Waals surface area contributed by atoms with Gasteiger partial charge in [0.05, 0.1) is 0 Å². The van der Waals surface area contributed by atoms with Crippen molar-refractivity contribution in [3.63, 3.8) is 0 Å². The first kappa shape index (κ1) is 13.6. The van der Waals surface area contributed by atoms with Crippen LogP contribution in [-0.4, -0.2) is 24.0 Å². The van der Waals surface area contributed by atoms with Gasteiger partial charge in [0.25, 0.3) is 0 Å². The molecule has 0 saturated heterocycles. The lowest BCUT2D eigenvalue weighted by molar-refractivity contribution is -0.153. The van der Waals surface area contributed by atoms with Gasteiger partial charge in [-0.05, 0) is 31.6 Å². The number of nitrogens with one attached hydrogen (secondary N) is 1. The molecule has 0 spiro atoms. The maximum atomic E-state index is 11.8. The summed E-state index contributed by atoms with van der Waals surface area (Å²) in [5, 5.41) is 2.50. The Bertz CT molecular complexity index is 237. The van der Waals surface area contributed by atoms with Gasteiger partial charge in [0, 0.05) is 11.9 Å². The zero-order chi connectivity index (χ0) is 12.2. The SMILES string of the molecule is O=C(CC(F)(F)F)NCC1CCC(Cl)CC1. The molecule has 0 unspecified atom stereocenters. The van der Waals surface area contributed by atoms with Crippen LogP contribution in [0.3, 0.4) is 0 Å². The Kier molecular flexibility index (Phi) is 4.89. The van der Waals surface area contributed by atoms with Crippen LogP contribution in [0.25, 0.3) is 0 Å². The largest absolute Gasteiger partial charge is 0.397 e. The first-order chi connectivity index (χ1) is 7.37. The molecule has 16 heavy (non-hydrogen) atoms. The summed E-state index contributed by atoms with van der Waals surface area (Å²) in [6.45, 7) is 0.332. The van der Waals surface area contributed by atoms with E-state index in [4.69, 9.17) is 11.6 Å². The van der Waals surface area contributed by atoms with Gasteiger partial charge in [0.1, 0.15) is 6.42 Å². The molecule has 0 bridgehead atoms. The third kappa shape index (κ3) is 5.58. The van der Waals surface area contributed by atoms with E-state index in [0.29, 0.717) is 6.54 Å². The summed E-state index contributed by atoms with van der Waals surface area (Å²) in [5.74, 6) is -0.673. The molecule has 6 heteroatoms. The summed E-state index contributed by atoms with van der Waals surface area (Å²) in [6, 6.07) is 0. The van der Waals surface area contributed by atoms with E-state index in [1.807, 2.05) is 0 Å². The number of hydrogen-bond acceptors (Lipinski definition) is 1. The number of amides is 1. The third-order valence-corrected chi connectivity index (χ3v) is 3.16. The molecule has 0 aliphatic heterocycles. The molecular weight excluding hydrogens is 243 g/mol. The minimum Gasteiger partial charge on any atom is -0.356 e. The van der Waals surface area contributed by atoms with Crippen molar-refractivity contribution in [2.75, 3.05) is 6.54 Å². The van der Waals surface area contributed by atoms with Gasteiger partial charge < -0.3 is 5.32 Å². The summed E-state index contributed by atoms with van der Waals surface area (Å²) in [4.78, 5) is 10.9. The van der Waals surface area contributed by atoms with Crippen molar-refractivity contribution in [1.82, 2.24) is 5.32 Å². The molecule has 1 fully saturated rings. The van der Waals surface area contributed by atoms with Crippen LogP contribution in [-0.2, 0) is 4.79 Å². The van der Waals surface area contributed by atoms with Crippen molar-refractivity contribution in [2.24, 2.45) is 5.92 Å². The maximum absolute atomic E-state index is 11.8. The Morgan fingerprint density at radius 3 is 2.31 bits per heavy atom. The van der Waals surface area contributed by atoms with Crippen LogP contribution in [0.1, 0.15) is 32.1 Å². The van der Waals surface area contributed by atoms with Crippen LogP contribution >= 0.6 is 11.6 Å². The summed E-state index contributed by atoms with van der Waals surface area (Å²) in [7, 11) is 0. The number of halogens is 4. The van der Waals surface area contributed by atoms with E-state index in [1.165, 1.54) is 0 Å². The lowest BCUT2D eigenvalue weighted by Crippen LogP contribution is -2.33. The Morgan fingerprint density at radius 2 is 1.81 bits per heavy atom. The van der Waals surface area contributed by atoms with Gasteiger partial charge in [-0.25, -0.2) is 0 Å². The van der Waals surface area contributed by atoms with Crippen LogP contribution in [0.5, 0.6) is 0 Å². The molecule has 0 aromatic heterocycles. The Hall–Kier alpha value is -0.450. The number of rotatable bonds is 3. The molecule has 0 atom stereocenters. The predicted octanol–water partition coefficient (Wildman–Crippen LogP) is 2.85. The highest BCUT2D eigenvalue weighted by molar-refractivity contribution is 6.20. The smallest absolute Gasteiger partial charge is 0.356 e. The molecule has 0 aromatic rings. The second kappa shape index (κ2) is 5.75. The highest BCUT2D eigenvalue weighted by atomic mass is 35.5. The number of carbonyl (C=O) groups excluding carboxylic acids is 1. The Morgan fingerprint density at radius 1 is 1.25 bits per heavy atom. The van der Waals surface area contributed by atoms with Gasteiger partial charge in [0.2, 0.25) is 5.91 Å². The van der Waals surface area contributed by atoms with Crippen molar-refractivity contribution in [3.05, 3.63) is 0 Å². The van der Waals surface area contributed by atoms with E-state index in [1.54, 1.807) is 0 Å². The van der Waals surface area contributed by atoms with E-state index in [9.17, 15) is 18.0 Å². The highest BCUT2D eigenvalue weighted by Crippen LogP contribution is 2.27. The molecule has 0 aromatic carbocycles. The maximum Gasteiger partial charge on any atom is 0.397 e. The third-order valence-electron chi connectivity index (χ3n) is 2.73. The zero-order valence-electron chi connectivity index (χ0n) is 8.82. The molecule has 94 valence electrons. The second-order valence-electron chi connectivity index (χ2n) is 4.21. The summed E-state index contributed by atoms with van der Waals surface area (Å²) in [5.41, 5.74) is 0. The first-order valence-electron chi connectivity index (χ1n) is 5.34. The van der Waals surface area contributed by atoms with Crippen LogP contribution in [0.2, 0.25) is 0 Å². The average molecular weight is 258 g/mol. The summed E-state index contributed by atoms with van der Waals surface area (Å²) < 4.78 is 35.5. The number of hydrogen-bond donors (Lipinski definition) is 1. The minimum absolute atomic E-state index is 0.183. The van der Waals surface area contributed by atoms with E-state index in [-0.39, 0.29) is 11.3 Å². The monoisotopic (exact) mass is 257 g/mol. The molecule has 1 saturated carbocycles. The van der Waals surface area contributed by atoms with Crippen molar-refractivity contribution >= 4 is 17.5 Å². The fourth-order valence-corrected chi connectivity index (χ4v) is 2.08. The molecule has 1 aliphatic carbocycles. The quantitative estimate of drug-likeness (QED) is 0.774. The highest BCUT2D eigenvalue weighted by Gasteiger charge is 2.31. The summed E-state index contributed by atoms with van der Waals surface area (Å²) >= 11 is 5.90. The first-order valence-corrected chi connectivity index (χ1v) is 5.78. The summed E-state index contributed by atoms with van der Waals surface area (Å²) in [6.07, 6.45) is -2.31. The van der Waals surface area contributed by atoms with Gasteiger partial charge >= 0.3 is 6.18 Å². The molecule has 0 heterocycles. The average Bonchev–Trinajstić information content (AvgIpc) is 2.14. The Balaban J connectivity index is 2.17. The van der Waals surface area contributed by atoms with Crippen molar-refractivity contribution in [2.45, 2.75) is 43.7 Å². The Labute approximate surface area is 97.5 Å². The lowest BCUT2D eigenvalue weighted by Gasteiger charge is -2.25. The van der Waals surface area contributed by atoms with E-state index in [2.05, 4.69) is 5.32 Å². The fourth-order valence-electron chi connectivity index (χ4n) is 1.83. The standard InChI is InChI=1S/C10H15ClF3NO/c11-8-3-1-7(2-4-8)6-15-9(16)5-10(12,13)14/h7-8H,1-6H2,(H,15,16). The van der Waals surface area contributed by atoms with E-state index < -0.39 is 18.5 Å². The van der Waals surface area contributed by atoms with E-state index in [0.717, 1.165) is 25.7 Å². The fraction of sp³-hybridized carbons (Fsp3) is 0.900. The van der Waals surface area contributed by atoms with Crippen LogP contribution in [0.15, 0.2) is 0 Å². The van der Waals surface area contributed by atoms with Gasteiger partial charge in [-0.2, -0.15) is 13.2 Å². The van der Waals surface area contributed by atoms with Crippen molar-refractivity contribution in [3.8, 4) is 0 Å². The lowest BCUT2D eigenvalue weighted by atomic mass is 9.89. The van der Waals surface area contributed by atoms with Crippen LogP contribution < -0.4 is 5.32 Å². The van der Waals surface area contributed by atoms with Gasteiger partial charge in [-0.3, -0.25) is 4.79 Å². The van der Waals surface area contributed by atoms with Crippen molar-refractivity contribution < 1.29 is 18.0 Å². The van der Waals surface area contributed by atoms with Crippen LogP contribution in [0, 0.1) is 5.92 Å². The molecule has 1 N–H and O–H groups in total. The number of carbonyl (C=O) groups is 1. The number of alkyl halides is 4. The topological polar surface area (TPSA) is 29.1 Å². The van der Waals surface area contributed by atoms with E-state index >= 15 is 0 Å². The molecule has 1 rings (SSSR count). The van der Waals surface area contributed by atoms with Gasteiger partial charge in [-0.15, -0.1) is 11.6 Å².